The number of hydrogen-bond donors (Lipinski definition) is 0. The maximum atomic E-state index is 14.1. The maximum Gasteiger partial charge on any atom is 0.328 e. The molecule has 2 aromatic heterocycles. The molecule has 0 saturated carbocycles. The highest BCUT2D eigenvalue weighted by Crippen LogP contribution is 2.42. The van der Waals surface area contributed by atoms with Crippen molar-refractivity contribution >= 4 is 22.4 Å². The fraction of sp³-hybridized carbons (Fsp3) is 0.333. The third kappa shape index (κ3) is 3.30. The van der Waals surface area contributed by atoms with Gasteiger partial charge >= 0.3 is 5.69 Å². The number of fused-ring (bicyclic) bond motifs is 2. The Morgan fingerprint density at radius 1 is 1.09 bits per heavy atom. The number of aromatic nitrogens is 4. The van der Waals surface area contributed by atoms with Gasteiger partial charge in [-0.05, 0) is 42.2 Å². The van der Waals surface area contributed by atoms with Crippen LogP contribution < -0.4 is 15.3 Å². The highest BCUT2D eigenvalue weighted by molar-refractivity contribution is 5.89. The second-order valence-electron chi connectivity index (χ2n) is 8.44. The predicted octanol–water partition coefficient (Wildman–Crippen LogP) is 4.31. The molecule has 4 aromatic rings. The van der Waals surface area contributed by atoms with Crippen molar-refractivity contribution in [3.63, 3.8) is 0 Å². The Bertz CT molecular complexity index is 1430. The number of imidazole rings is 1. The zero-order chi connectivity index (χ0) is 23.4. The van der Waals surface area contributed by atoms with Gasteiger partial charge in [0.25, 0.3) is 6.43 Å². The molecule has 0 fully saturated rings. The highest BCUT2D eigenvalue weighted by atomic mass is 19.3. The molecular formula is C24H25F2N5O2. The fourth-order valence-corrected chi connectivity index (χ4v) is 4.81. The van der Waals surface area contributed by atoms with E-state index in [0.29, 0.717) is 28.9 Å². The van der Waals surface area contributed by atoms with Gasteiger partial charge in [0.1, 0.15) is 11.3 Å². The molecule has 0 aliphatic carbocycles. The highest BCUT2D eigenvalue weighted by Gasteiger charge is 2.26. The van der Waals surface area contributed by atoms with E-state index < -0.39 is 6.43 Å². The van der Waals surface area contributed by atoms with Gasteiger partial charge in [0.05, 0.1) is 18.8 Å². The quantitative estimate of drug-likeness (QED) is 0.462. The van der Waals surface area contributed by atoms with E-state index in [4.69, 9.17) is 4.74 Å². The lowest BCUT2D eigenvalue weighted by Gasteiger charge is -2.33. The first-order valence-electron chi connectivity index (χ1n) is 10.7. The molecule has 0 unspecified atom stereocenters. The van der Waals surface area contributed by atoms with E-state index in [0.717, 1.165) is 35.3 Å². The van der Waals surface area contributed by atoms with Crippen molar-refractivity contribution in [2.75, 3.05) is 18.6 Å². The van der Waals surface area contributed by atoms with E-state index >= 15 is 0 Å². The summed E-state index contributed by atoms with van der Waals surface area (Å²) in [5.74, 6) is 0.566. The monoisotopic (exact) mass is 453 g/mol. The van der Waals surface area contributed by atoms with Crippen LogP contribution in [-0.4, -0.2) is 32.6 Å². The van der Waals surface area contributed by atoms with Crippen molar-refractivity contribution in [2.45, 2.75) is 19.3 Å². The second kappa shape index (κ2) is 7.75. The molecule has 0 saturated heterocycles. The molecule has 0 N–H and O–H groups in total. The van der Waals surface area contributed by atoms with Crippen LogP contribution in [0.15, 0.2) is 41.5 Å². The summed E-state index contributed by atoms with van der Waals surface area (Å²) in [5, 5.41) is 4.15. The number of methoxy groups -OCH3 is 1. The summed E-state index contributed by atoms with van der Waals surface area (Å²) in [4.78, 5) is 14.5. The number of halogens is 2. The first kappa shape index (κ1) is 21.2. The fourth-order valence-electron chi connectivity index (χ4n) is 4.81. The van der Waals surface area contributed by atoms with E-state index in [1.807, 2.05) is 23.1 Å². The lowest BCUT2D eigenvalue weighted by atomic mass is 9.93. The van der Waals surface area contributed by atoms with Crippen molar-refractivity contribution in [2.24, 2.45) is 21.1 Å². The Labute approximate surface area is 189 Å². The van der Waals surface area contributed by atoms with Gasteiger partial charge in [0.2, 0.25) is 0 Å². The summed E-state index contributed by atoms with van der Waals surface area (Å²) in [6.45, 7) is 0.678. The van der Waals surface area contributed by atoms with Crippen LogP contribution in [0.25, 0.3) is 22.2 Å². The third-order valence-corrected chi connectivity index (χ3v) is 6.46. The molecular weight excluding hydrogens is 428 g/mol. The lowest BCUT2D eigenvalue weighted by molar-refractivity contribution is 0.152. The van der Waals surface area contributed by atoms with Crippen LogP contribution in [0.5, 0.6) is 5.75 Å². The van der Waals surface area contributed by atoms with Gasteiger partial charge in [0, 0.05) is 62.5 Å². The van der Waals surface area contributed by atoms with Gasteiger partial charge in [-0.1, -0.05) is 0 Å². The third-order valence-electron chi connectivity index (χ3n) is 6.46. The standard InChI is InChI=1S/C24H25F2N5O2/c1-28-13-15(12-27-28)17-8-14-6-5-7-31(19(14)11-18(17)23(25)26)16-9-20-22(21(10-16)33-4)30(3)24(32)29(20)2/h8-13,23H,5-7H2,1-4H3. The summed E-state index contributed by atoms with van der Waals surface area (Å²) in [6.07, 6.45) is 2.42. The predicted molar refractivity (Wildman–Crippen MR) is 124 cm³/mol. The Morgan fingerprint density at radius 3 is 2.55 bits per heavy atom. The number of rotatable bonds is 4. The smallest absolute Gasteiger partial charge is 0.328 e. The first-order valence-corrected chi connectivity index (χ1v) is 10.7. The minimum absolute atomic E-state index is 0.0196. The van der Waals surface area contributed by atoms with E-state index in [1.54, 1.807) is 60.5 Å². The topological polar surface area (TPSA) is 57.2 Å². The summed E-state index contributed by atoms with van der Waals surface area (Å²) in [7, 11) is 6.76. The Hall–Kier alpha value is -3.62. The zero-order valence-corrected chi connectivity index (χ0v) is 19.0. The molecule has 0 radical (unpaired) electrons. The first-order chi connectivity index (χ1) is 15.8. The van der Waals surface area contributed by atoms with Crippen LogP contribution in [0, 0.1) is 0 Å². The lowest BCUT2D eigenvalue weighted by Crippen LogP contribution is -2.25. The molecule has 7 nitrogen and oxygen atoms in total. The Balaban J connectivity index is 1.70. The molecule has 33 heavy (non-hydrogen) atoms. The van der Waals surface area contributed by atoms with Gasteiger partial charge < -0.3 is 9.64 Å². The van der Waals surface area contributed by atoms with Crippen LogP contribution in [0.4, 0.5) is 20.2 Å². The average Bonchev–Trinajstić information content (AvgIpc) is 3.34. The van der Waals surface area contributed by atoms with Crippen LogP contribution in [-0.2, 0) is 27.6 Å². The van der Waals surface area contributed by atoms with Crippen LogP contribution in [0.3, 0.4) is 0 Å². The van der Waals surface area contributed by atoms with Crippen LogP contribution >= 0.6 is 0 Å². The summed E-state index contributed by atoms with van der Waals surface area (Å²) >= 11 is 0. The van der Waals surface area contributed by atoms with Crippen molar-refractivity contribution in [3.05, 3.63) is 58.3 Å². The molecule has 1 aliphatic heterocycles. The number of hydrogen-bond acceptors (Lipinski definition) is 4. The molecule has 5 rings (SSSR count). The van der Waals surface area contributed by atoms with Crippen LogP contribution in [0.2, 0.25) is 0 Å². The summed E-state index contributed by atoms with van der Waals surface area (Å²) < 4.78 is 38.6. The van der Waals surface area contributed by atoms with Gasteiger partial charge in [-0.25, -0.2) is 13.6 Å². The van der Waals surface area contributed by atoms with Gasteiger partial charge in [-0.3, -0.25) is 13.8 Å². The van der Waals surface area contributed by atoms with Crippen LogP contribution in [0.1, 0.15) is 24.0 Å². The molecule has 1 aliphatic rings. The van der Waals surface area contributed by atoms with E-state index in [1.165, 1.54) is 0 Å². The van der Waals surface area contributed by atoms with Crippen molar-refractivity contribution in [1.29, 1.82) is 0 Å². The van der Waals surface area contributed by atoms with Crippen molar-refractivity contribution < 1.29 is 13.5 Å². The van der Waals surface area contributed by atoms with Gasteiger partial charge in [0.15, 0.2) is 0 Å². The molecule has 0 spiro atoms. The second-order valence-corrected chi connectivity index (χ2v) is 8.44. The van der Waals surface area contributed by atoms with E-state index in [9.17, 15) is 13.6 Å². The van der Waals surface area contributed by atoms with E-state index in [2.05, 4.69) is 5.10 Å². The Kier molecular flexibility index (Phi) is 4.99. The van der Waals surface area contributed by atoms with Gasteiger partial charge in [-0.15, -0.1) is 0 Å². The molecule has 0 amide bonds. The minimum atomic E-state index is -2.62. The van der Waals surface area contributed by atoms with Crippen molar-refractivity contribution in [3.8, 4) is 16.9 Å². The zero-order valence-electron chi connectivity index (χ0n) is 19.0. The Morgan fingerprint density at radius 2 is 1.88 bits per heavy atom. The van der Waals surface area contributed by atoms with E-state index in [-0.39, 0.29) is 11.3 Å². The number of alkyl halides is 2. The SMILES string of the molecule is COc1cc(N2CCCc3cc(-c4cnn(C)c4)c(C(F)F)cc32)cc2c1n(C)c(=O)n2C. The molecule has 2 aromatic carbocycles. The number of benzene rings is 2. The maximum absolute atomic E-state index is 14.1. The molecule has 9 heteroatoms. The minimum Gasteiger partial charge on any atom is -0.494 e. The van der Waals surface area contributed by atoms with Crippen molar-refractivity contribution in [1.82, 2.24) is 18.9 Å². The number of ether oxygens (including phenoxy) is 1. The number of aryl methyl sites for hydroxylation is 4. The number of anilines is 2. The summed E-state index contributed by atoms with van der Waals surface area (Å²) in [6, 6.07) is 7.26. The molecule has 172 valence electrons. The number of nitrogens with zero attached hydrogens (tertiary/aromatic N) is 5. The normalized spacial score (nSPS) is 13.7. The van der Waals surface area contributed by atoms with Gasteiger partial charge in [-0.2, -0.15) is 5.10 Å². The molecule has 0 atom stereocenters. The average molecular weight is 453 g/mol. The largest absolute Gasteiger partial charge is 0.494 e. The molecule has 0 bridgehead atoms. The molecule has 3 heterocycles. The summed E-state index contributed by atoms with van der Waals surface area (Å²) in [5.41, 5.74) is 5.01.